The van der Waals surface area contributed by atoms with E-state index in [1.807, 2.05) is 0 Å². The summed E-state index contributed by atoms with van der Waals surface area (Å²) in [5, 5.41) is 0. The first-order chi connectivity index (χ1) is 6.77. The summed E-state index contributed by atoms with van der Waals surface area (Å²) >= 11 is 0. The Bertz CT molecular complexity index is 265. The fourth-order valence-corrected chi connectivity index (χ4v) is 2.51. The second-order valence-electron chi connectivity index (χ2n) is 4.73. The van der Waals surface area contributed by atoms with Crippen LogP contribution in [0.4, 0.5) is 0 Å². The zero-order valence-corrected chi connectivity index (χ0v) is 8.41. The average Bonchev–Trinajstić information content (AvgIpc) is 2.95. The number of amidine groups is 1. The van der Waals surface area contributed by atoms with Crippen LogP contribution in [-0.4, -0.2) is 42.2 Å². The molecule has 0 bridgehead atoms. The van der Waals surface area contributed by atoms with E-state index in [2.05, 4.69) is 9.89 Å². The van der Waals surface area contributed by atoms with E-state index in [-0.39, 0.29) is 5.54 Å². The van der Waals surface area contributed by atoms with Gasteiger partial charge in [-0.1, -0.05) is 0 Å². The molecule has 2 N–H and O–H groups in total. The number of ether oxygens (including phenoxy) is 1. The first kappa shape index (κ1) is 8.53. The molecule has 0 aromatic rings. The van der Waals surface area contributed by atoms with Gasteiger partial charge in [0, 0.05) is 19.1 Å². The molecule has 1 saturated heterocycles. The number of nitrogens with zero attached hydrogens (tertiary/aromatic N) is 2. The van der Waals surface area contributed by atoms with Crippen molar-refractivity contribution in [2.45, 2.75) is 37.3 Å². The Hall–Kier alpha value is -0.770. The van der Waals surface area contributed by atoms with Crippen LogP contribution in [0.25, 0.3) is 0 Å². The minimum absolute atomic E-state index is 0.0372. The summed E-state index contributed by atoms with van der Waals surface area (Å²) in [5.41, 5.74) is 5.60. The van der Waals surface area contributed by atoms with Crippen molar-refractivity contribution in [2.24, 2.45) is 10.7 Å². The molecule has 0 radical (unpaired) electrons. The average molecular weight is 195 g/mol. The van der Waals surface area contributed by atoms with Gasteiger partial charge in [0.1, 0.15) is 12.1 Å². The lowest BCUT2D eigenvalue weighted by atomic mass is 9.89. The van der Waals surface area contributed by atoms with Gasteiger partial charge in [-0.15, -0.1) is 0 Å². The topological polar surface area (TPSA) is 50.8 Å². The molecule has 0 aromatic carbocycles. The first-order valence-corrected chi connectivity index (χ1v) is 5.50. The third-order valence-corrected chi connectivity index (χ3v) is 3.63. The van der Waals surface area contributed by atoms with Crippen molar-refractivity contribution in [1.29, 1.82) is 0 Å². The van der Waals surface area contributed by atoms with Gasteiger partial charge in [0.25, 0.3) is 6.02 Å². The quantitative estimate of drug-likeness (QED) is 0.656. The van der Waals surface area contributed by atoms with Crippen LogP contribution in [0.1, 0.15) is 25.7 Å². The van der Waals surface area contributed by atoms with Crippen LogP contribution in [0.3, 0.4) is 0 Å². The van der Waals surface area contributed by atoms with Crippen LogP contribution in [0, 0.1) is 0 Å². The number of hydrogen-bond donors (Lipinski definition) is 1. The Morgan fingerprint density at radius 3 is 2.57 bits per heavy atom. The molecule has 2 aliphatic heterocycles. The standard InChI is InChI=1S/C10H17N3O/c11-9-12-10(7-14-9)3-5-13(6-4-10)8-1-2-8/h8H,1-7H2,(H2,11,12). The van der Waals surface area contributed by atoms with Crippen LogP contribution in [0.5, 0.6) is 0 Å². The van der Waals surface area contributed by atoms with Gasteiger partial charge < -0.3 is 15.4 Å². The molecule has 1 aliphatic carbocycles. The van der Waals surface area contributed by atoms with E-state index in [1.54, 1.807) is 0 Å². The Kier molecular flexibility index (Phi) is 1.74. The zero-order valence-electron chi connectivity index (χ0n) is 8.41. The summed E-state index contributed by atoms with van der Waals surface area (Å²) in [6.45, 7) is 3.05. The maximum absolute atomic E-state index is 5.56. The van der Waals surface area contributed by atoms with Gasteiger partial charge in [-0.25, -0.2) is 4.99 Å². The maximum Gasteiger partial charge on any atom is 0.282 e. The lowest BCUT2D eigenvalue weighted by Gasteiger charge is -2.35. The van der Waals surface area contributed by atoms with E-state index < -0.39 is 0 Å². The highest BCUT2D eigenvalue weighted by atomic mass is 16.5. The fourth-order valence-electron chi connectivity index (χ4n) is 2.51. The Balaban J connectivity index is 1.64. The van der Waals surface area contributed by atoms with Crippen LogP contribution in [0.15, 0.2) is 4.99 Å². The second kappa shape index (κ2) is 2.86. The number of aliphatic imine (C=N–C) groups is 1. The Labute approximate surface area is 84.1 Å². The van der Waals surface area contributed by atoms with Crippen molar-refractivity contribution in [3.05, 3.63) is 0 Å². The zero-order chi connectivity index (χ0) is 9.60. The van der Waals surface area contributed by atoms with Gasteiger partial charge in [0.05, 0.1) is 0 Å². The second-order valence-corrected chi connectivity index (χ2v) is 4.73. The maximum atomic E-state index is 5.56. The molecular formula is C10H17N3O. The molecule has 2 fully saturated rings. The Morgan fingerprint density at radius 1 is 1.36 bits per heavy atom. The molecule has 0 unspecified atom stereocenters. The van der Waals surface area contributed by atoms with Gasteiger partial charge in [0.15, 0.2) is 0 Å². The largest absolute Gasteiger partial charge is 0.463 e. The number of likely N-dealkylation sites (tertiary alicyclic amines) is 1. The van der Waals surface area contributed by atoms with Crippen LogP contribution >= 0.6 is 0 Å². The van der Waals surface area contributed by atoms with E-state index in [1.165, 1.54) is 25.9 Å². The molecule has 4 heteroatoms. The summed E-state index contributed by atoms with van der Waals surface area (Å²) < 4.78 is 5.27. The number of rotatable bonds is 1. The van der Waals surface area contributed by atoms with Crippen molar-refractivity contribution in [1.82, 2.24) is 4.90 Å². The van der Waals surface area contributed by atoms with Crippen molar-refractivity contribution >= 4 is 6.02 Å². The molecular weight excluding hydrogens is 178 g/mol. The molecule has 1 spiro atoms. The van der Waals surface area contributed by atoms with Gasteiger partial charge in [-0.3, -0.25) is 0 Å². The van der Waals surface area contributed by atoms with Gasteiger partial charge in [0.2, 0.25) is 0 Å². The smallest absolute Gasteiger partial charge is 0.282 e. The van der Waals surface area contributed by atoms with E-state index in [0.29, 0.717) is 12.6 Å². The minimum Gasteiger partial charge on any atom is -0.463 e. The highest BCUT2D eigenvalue weighted by Crippen LogP contribution is 2.35. The molecule has 14 heavy (non-hydrogen) atoms. The molecule has 3 rings (SSSR count). The lowest BCUT2D eigenvalue weighted by molar-refractivity contribution is 0.130. The first-order valence-electron chi connectivity index (χ1n) is 5.50. The summed E-state index contributed by atoms with van der Waals surface area (Å²) in [7, 11) is 0. The lowest BCUT2D eigenvalue weighted by Crippen LogP contribution is -2.45. The predicted molar refractivity (Wildman–Crippen MR) is 54.1 cm³/mol. The molecule has 0 aromatic heterocycles. The summed E-state index contributed by atoms with van der Waals surface area (Å²) in [6, 6.07) is 1.28. The Morgan fingerprint density at radius 2 is 2.07 bits per heavy atom. The molecule has 3 aliphatic rings. The van der Waals surface area contributed by atoms with Crippen molar-refractivity contribution < 1.29 is 4.74 Å². The molecule has 2 heterocycles. The van der Waals surface area contributed by atoms with Crippen molar-refractivity contribution in [3.8, 4) is 0 Å². The summed E-state index contributed by atoms with van der Waals surface area (Å²) in [4.78, 5) is 7.03. The number of nitrogens with two attached hydrogens (primary N) is 1. The van der Waals surface area contributed by atoms with Crippen molar-refractivity contribution in [3.63, 3.8) is 0 Å². The summed E-state index contributed by atoms with van der Waals surface area (Å²) in [5.74, 6) is 0. The van der Waals surface area contributed by atoms with E-state index in [4.69, 9.17) is 10.5 Å². The van der Waals surface area contributed by atoms with Gasteiger partial charge >= 0.3 is 0 Å². The third-order valence-electron chi connectivity index (χ3n) is 3.63. The SMILES string of the molecule is NC1=NC2(CCN(C3CC3)CC2)CO1. The van der Waals surface area contributed by atoms with E-state index >= 15 is 0 Å². The number of hydrogen-bond acceptors (Lipinski definition) is 4. The molecule has 78 valence electrons. The van der Waals surface area contributed by atoms with E-state index in [9.17, 15) is 0 Å². The van der Waals surface area contributed by atoms with Gasteiger partial charge in [-0.2, -0.15) is 0 Å². The summed E-state index contributed by atoms with van der Waals surface area (Å²) in [6.07, 6.45) is 5.03. The molecule has 0 amide bonds. The monoisotopic (exact) mass is 195 g/mol. The van der Waals surface area contributed by atoms with Crippen molar-refractivity contribution in [2.75, 3.05) is 19.7 Å². The fraction of sp³-hybridized carbons (Fsp3) is 0.900. The molecule has 0 atom stereocenters. The van der Waals surface area contributed by atoms with Crippen LogP contribution in [-0.2, 0) is 4.74 Å². The van der Waals surface area contributed by atoms with Crippen LogP contribution in [0.2, 0.25) is 0 Å². The molecule has 4 nitrogen and oxygen atoms in total. The highest BCUT2D eigenvalue weighted by molar-refractivity contribution is 5.73. The van der Waals surface area contributed by atoms with E-state index in [0.717, 1.165) is 18.9 Å². The number of piperidine rings is 1. The predicted octanol–water partition coefficient (Wildman–Crippen LogP) is 0.328. The van der Waals surface area contributed by atoms with Gasteiger partial charge in [-0.05, 0) is 25.7 Å². The highest BCUT2D eigenvalue weighted by Gasteiger charge is 2.42. The minimum atomic E-state index is 0.0372. The molecule has 1 saturated carbocycles. The normalized spacial score (nSPS) is 31.6. The third kappa shape index (κ3) is 1.38. The van der Waals surface area contributed by atoms with Crippen LogP contribution < -0.4 is 5.73 Å².